The normalized spacial score (nSPS) is 11.9. The third kappa shape index (κ3) is 5.32. The Kier molecular flexibility index (Phi) is 7.13. The van der Waals surface area contributed by atoms with Gasteiger partial charge in [-0.15, -0.1) is 11.3 Å². The quantitative estimate of drug-likeness (QED) is 0.168. The van der Waals surface area contributed by atoms with E-state index >= 15 is 0 Å². The van der Waals surface area contributed by atoms with E-state index in [2.05, 4.69) is 188 Å². The number of benzene rings is 10. The fourth-order valence-corrected chi connectivity index (χ4v) is 9.80. The molecule has 10 aromatic carbocycles. The molecular weight excluding hydrogens is 709 g/mol. The van der Waals surface area contributed by atoms with Gasteiger partial charge in [-0.05, 0) is 108 Å². The smallest absolute Gasteiger partial charge is 0.0979 e. The van der Waals surface area contributed by atoms with E-state index in [1.54, 1.807) is 0 Å². The Hall–Kier alpha value is -7.20. The first kappa shape index (κ1) is 32.1. The second-order valence-corrected chi connectivity index (χ2v) is 16.1. The van der Waals surface area contributed by atoms with Gasteiger partial charge in [-0.2, -0.15) is 0 Å². The lowest BCUT2D eigenvalue weighted by Crippen LogP contribution is -1.92. The van der Waals surface area contributed by atoms with Gasteiger partial charge in [0.15, 0.2) is 0 Å². The van der Waals surface area contributed by atoms with E-state index in [9.17, 15) is 0 Å². The highest BCUT2D eigenvalue weighted by Gasteiger charge is 2.13. The Morgan fingerprint density at radius 3 is 1.33 bits per heavy atom. The predicted octanol–water partition coefficient (Wildman–Crippen LogP) is 15.3. The van der Waals surface area contributed by atoms with E-state index in [4.69, 9.17) is 9.97 Å². The molecule has 0 aliphatic rings. The number of aromatic nitrogens is 2. The standard InChI is InChI=1S/C54H32N2S/c1-3-10-47-44(7-1)45-8-2-4-11-48(45)54-53(47)55-32-50(56-54)43-24-23-40-29-39(21-22-41(40)30-43)38-20-19-36-27-35(17-18-37(36)28-38)33-13-15-34(16-14-33)42-25-26-52-49(31-42)46-9-5-6-12-51(46)57-52/h1-32H. The summed E-state index contributed by atoms with van der Waals surface area (Å²) in [5.41, 5.74) is 11.2. The van der Waals surface area contributed by atoms with Crippen LogP contribution in [0, 0.1) is 0 Å². The van der Waals surface area contributed by atoms with Crippen molar-refractivity contribution in [3.63, 3.8) is 0 Å². The van der Waals surface area contributed by atoms with Crippen molar-refractivity contribution >= 4 is 85.6 Å². The van der Waals surface area contributed by atoms with Gasteiger partial charge in [0.1, 0.15) is 0 Å². The third-order valence-electron chi connectivity index (χ3n) is 11.7. The van der Waals surface area contributed by atoms with E-state index in [0.717, 1.165) is 33.1 Å². The monoisotopic (exact) mass is 740 g/mol. The van der Waals surface area contributed by atoms with Crippen LogP contribution in [0.15, 0.2) is 194 Å². The summed E-state index contributed by atoms with van der Waals surface area (Å²) in [6, 6.07) is 68.5. The van der Waals surface area contributed by atoms with Gasteiger partial charge in [0.05, 0.1) is 22.9 Å². The topological polar surface area (TPSA) is 25.8 Å². The highest BCUT2D eigenvalue weighted by Crippen LogP contribution is 2.38. The van der Waals surface area contributed by atoms with E-state index in [1.165, 1.54) is 85.9 Å². The molecule has 0 aliphatic carbocycles. The summed E-state index contributed by atoms with van der Waals surface area (Å²) in [4.78, 5) is 10.2. The summed E-state index contributed by atoms with van der Waals surface area (Å²) in [7, 11) is 0. The molecule has 0 atom stereocenters. The largest absolute Gasteiger partial charge is 0.252 e. The van der Waals surface area contributed by atoms with Crippen molar-refractivity contribution in [3.05, 3.63) is 194 Å². The fraction of sp³-hybridized carbons (Fsp3) is 0. The van der Waals surface area contributed by atoms with Gasteiger partial charge in [0.25, 0.3) is 0 Å². The van der Waals surface area contributed by atoms with Crippen molar-refractivity contribution < 1.29 is 0 Å². The Balaban J connectivity index is 0.826. The van der Waals surface area contributed by atoms with Crippen LogP contribution in [0.5, 0.6) is 0 Å². The molecule has 2 aromatic heterocycles. The van der Waals surface area contributed by atoms with Crippen LogP contribution in [0.4, 0.5) is 0 Å². The highest BCUT2D eigenvalue weighted by atomic mass is 32.1. The lowest BCUT2D eigenvalue weighted by Gasteiger charge is -2.11. The maximum atomic E-state index is 5.22. The summed E-state index contributed by atoms with van der Waals surface area (Å²) >= 11 is 1.86. The molecule has 0 N–H and O–H groups in total. The average Bonchev–Trinajstić information content (AvgIpc) is 3.66. The van der Waals surface area contributed by atoms with E-state index in [0.29, 0.717) is 0 Å². The zero-order valence-corrected chi connectivity index (χ0v) is 31.6. The van der Waals surface area contributed by atoms with Crippen molar-refractivity contribution in [3.8, 4) is 44.6 Å². The molecule has 264 valence electrons. The highest BCUT2D eigenvalue weighted by molar-refractivity contribution is 7.25. The van der Waals surface area contributed by atoms with Crippen molar-refractivity contribution in [1.29, 1.82) is 0 Å². The molecule has 0 saturated heterocycles. The molecule has 0 radical (unpaired) electrons. The molecule has 0 unspecified atom stereocenters. The number of hydrogen-bond acceptors (Lipinski definition) is 3. The fourth-order valence-electron chi connectivity index (χ4n) is 8.71. The molecule has 57 heavy (non-hydrogen) atoms. The molecule has 0 spiro atoms. The zero-order chi connectivity index (χ0) is 37.5. The lowest BCUT2D eigenvalue weighted by atomic mass is 9.95. The Morgan fingerprint density at radius 1 is 0.298 bits per heavy atom. The molecular formula is C54H32N2S. The van der Waals surface area contributed by atoms with Gasteiger partial charge < -0.3 is 0 Å². The van der Waals surface area contributed by atoms with Crippen molar-refractivity contribution in [2.75, 3.05) is 0 Å². The van der Waals surface area contributed by atoms with Crippen LogP contribution in [-0.2, 0) is 0 Å². The average molecular weight is 741 g/mol. The van der Waals surface area contributed by atoms with Crippen LogP contribution < -0.4 is 0 Å². The summed E-state index contributed by atoms with van der Waals surface area (Å²) in [6.07, 6.45) is 1.92. The van der Waals surface area contributed by atoms with Gasteiger partial charge in [-0.3, -0.25) is 4.98 Å². The van der Waals surface area contributed by atoms with Gasteiger partial charge in [-0.1, -0.05) is 146 Å². The molecule has 0 fully saturated rings. The minimum Gasteiger partial charge on any atom is -0.252 e. The zero-order valence-electron chi connectivity index (χ0n) is 30.8. The molecule has 2 heterocycles. The number of fused-ring (bicyclic) bond motifs is 11. The van der Waals surface area contributed by atoms with Crippen LogP contribution in [0.1, 0.15) is 0 Å². The molecule has 2 nitrogen and oxygen atoms in total. The summed E-state index contributed by atoms with van der Waals surface area (Å²) in [6.45, 7) is 0. The molecule has 12 rings (SSSR count). The second-order valence-electron chi connectivity index (χ2n) is 15.0. The summed E-state index contributed by atoms with van der Waals surface area (Å²) in [5.74, 6) is 0. The van der Waals surface area contributed by atoms with Crippen LogP contribution in [0.25, 0.3) is 119 Å². The molecule has 0 saturated carbocycles. The molecule has 3 heteroatoms. The third-order valence-corrected chi connectivity index (χ3v) is 12.8. The number of nitrogens with zero attached hydrogens (tertiary/aromatic N) is 2. The van der Waals surface area contributed by atoms with Crippen LogP contribution >= 0.6 is 11.3 Å². The summed E-state index contributed by atoms with van der Waals surface area (Å²) in [5, 5.41) is 12.2. The molecule has 0 bridgehead atoms. The maximum absolute atomic E-state index is 5.22. The first-order valence-corrected chi connectivity index (χ1v) is 20.2. The van der Waals surface area contributed by atoms with Crippen LogP contribution in [-0.4, -0.2) is 9.97 Å². The van der Waals surface area contributed by atoms with Gasteiger partial charge in [0.2, 0.25) is 0 Å². The molecule has 12 aromatic rings. The number of hydrogen-bond donors (Lipinski definition) is 0. The first-order chi connectivity index (χ1) is 28.2. The van der Waals surface area contributed by atoms with Gasteiger partial charge in [-0.25, -0.2) is 4.98 Å². The van der Waals surface area contributed by atoms with Gasteiger partial charge in [0, 0.05) is 36.5 Å². The number of thiophene rings is 1. The minimum absolute atomic E-state index is 0.878. The van der Waals surface area contributed by atoms with Crippen LogP contribution in [0.2, 0.25) is 0 Å². The lowest BCUT2D eigenvalue weighted by molar-refractivity contribution is 1.31. The second kappa shape index (κ2) is 12.7. The SMILES string of the molecule is c1ccc2c(c1)sc1ccc(-c3ccc(-c4ccc5cc(-c6ccc7cc(-c8cnc9c%10ccccc%10c%10ccccc%10c9n8)ccc7c6)ccc5c4)cc3)cc12. The Bertz CT molecular complexity index is 3540. The van der Waals surface area contributed by atoms with Gasteiger partial charge >= 0.3 is 0 Å². The minimum atomic E-state index is 0.878. The molecule has 0 aliphatic heterocycles. The van der Waals surface area contributed by atoms with E-state index in [1.807, 2.05) is 17.5 Å². The van der Waals surface area contributed by atoms with Crippen molar-refractivity contribution in [2.45, 2.75) is 0 Å². The van der Waals surface area contributed by atoms with Crippen molar-refractivity contribution in [1.82, 2.24) is 9.97 Å². The Labute approximate surface area is 333 Å². The van der Waals surface area contributed by atoms with Crippen molar-refractivity contribution in [2.24, 2.45) is 0 Å². The first-order valence-electron chi connectivity index (χ1n) is 19.4. The molecule has 0 amide bonds. The predicted molar refractivity (Wildman–Crippen MR) is 244 cm³/mol. The number of rotatable bonds is 4. The maximum Gasteiger partial charge on any atom is 0.0979 e. The Morgan fingerprint density at radius 2 is 0.719 bits per heavy atom. The summed E-state index contributed by atoms with van der Waals surface area (Å²) < 4.78 is 2.67. The van der Waals surface area contributed by atoms with E-state index < -0.39 is 0 Å². The van der Waals surface area contributed by atoms with Crippen LogP contribution in [0.3, 0.4) is 0 Å². The van der Waals surface area contributed by atoms with E-state index in [-0.39, 0.29) is 0 Å².